The Bertz CT molecular complexity index is 1100. The number of hydrogen-bond acceptors (Lipinski definition) is 6. The molecule has 0 aliphatic carbocycles. The second-order valence-electron chi connectivity index (χ2n) is 6.46. The molecular formula is C25H22O6. The minimum absolute atomic E-state index is 0.143. The number of carbonyl (C=O) groups excluding carboxylic acids is 2. The number of benzene rings is 3. The molecule has 0 aliphatic heterocycles. The molecule has 0 aliphatic rings. The number of methoxy groups -OCH3 is 3. The molecule has 0 fully saturated rings. The van der Waals surface area contributed by atoms with E-state index in [0.29, 0.717) is 28.4 Å². The minimum atomic E-state index is -0.532. The van der Waals surface area contributed by atoms with Crippen LogP contribution in [0, 0.1) is 0 Å². The van der Waals surface area contributed by atoms with Gasteiger partial charge in [0, 0.05) is 5.56 Å². The van der Waals surface area contributed by atoms with Crippen LogP contribution in [0.3, 0.4) is 0 Å². The zero-order valence-corrected chi connectivity index (χ0v) is 17.5. The summed E-state index contributed by atoms with van der Waals surface area (Å²) in [5.41, 5.74) is 1.63. The highest BCUT2D eigenvalue weighted by Crippen LogP contribution is 2.29. The summed E-state index contributed by atoms with van der Waals surface area (Å²) in [6, 6.07) is 18.6. The first-order valence-electron chi connectivity index (χ1n) is 9.45. The van der Waals surface area contributed by atoms with E-state index in [9.17, 15) is 9.59 Å². The van der Waals surface area contributed by atoms with Gasteiger partial charge in [0.15, 0.2) is 17.3 Å². The highest BCUT2D eigenvalue weighted by Gasteiger charge is 2.13. The lowest BCUT2D eigenvalue weighted by Gasteiger charge is -2.10. The van der Waals surface area contributed by atoms with E-state index in [1.54, 1.807) is 79.9 Å². The van der Waals surface area contributed by atoms with Crippen LogP contribution in [0.5, 0.6) is 23.0 Å². The molecule has 0 saturated heterocycles. The van der Waals surface area contributed by atoms with E-state index in [0.717, 1.165) is 5.56 Å². The number of ketones is 1. The maximum Gasteiger partial charge on any atom is 0.343 e. The fourth-order valence-corrected chi connectivity index (χ4v) is 2.80. The molecule has 3 aromatic carbocycles. The quantitative estimate of drug-likeness (QED) is 0.226. The summed E-state index contributed by atoms with van der Waals surface area (Å²) >= 11 is 0. The zero-order valence-electron chi connectivity index (χ0n) is 17.5. The van der Waals surface area contributed by atoms with Crippen molar-refractivity contribution in [3.05, 3.63) is 89.5 Å². The fraction of sp³-hybridized carbons (Fsp3) is 0.120. The third-order valence-electron chi connectivity index (χ3n) is 4.50. The lowest BCUT2D eigenvalue weighted by atomic mass is 10.1. The van der Waals surface area contributed by atoms with Crippen LogP contribution in [0.4, 0.5) is 0 Å². The summed E-state index contributed by atoms with van der Waals surface area (Å²) in [4.78, 5) is 24.8. The lowest BCUT2D eigenvalue weighted by molar-refractivity contribution is 0.0729. The molecule has 0 radical (unpaired) electrons. The molecule has 0 atom stereocenters. The smallest absolute Gasteiger partial charge is 0.343 e. The van der Waals surface area contributed by atoms with Gasteiger partial charge in [-0.15, -0.1) is 0 Å². The first-order chi connectivity index (χ1) is 15.0. The summed E-state index contributed by atoms with van der Waals surface area (Å²) in [5, 5.41) is 0. The normalized spacial score (nSPS) is 10.5. The summed E-state index contributed by atoms with van der Waals surface area (Å²) < 4.78 is 21.0. The van der Waals surface area contributed by atoms with Crippen molar-refractivity contribution in [2.75, 3.05) is 21.3 Å². The summed E-state index contributed by atoms with van der Waals surface area (Å²) in [7, 11) is 4.58. The molecular weight excluding hydrogens is 396 g/mol. The van der Waals surface area contributed by atoms with Gasteiger partial charge in [-0.2, -0.15) is 0 Å². The van der Waals surface area contributed by atoms with E-state index in [2.05, 4.69) is 0 Å². The van der Waals surface area contributed by atoms with Gasteiger partial charge in [-0.05, 0) is 66.2 Å². The molecule has 0 spiro atoms. The van der Waals surface area contributed by atoms with Gasteiger partial charge in [-0.25, -0.2) is 4.79 Å². The van der Waals surface area contributed by atoms with Crippen molar-refractivity contribution < 1.29 is 28.5 Å². The van der Waals surface area contributed by atoms with Crippen molar-refractivity contribution in [1.29, 1.82) is 0 Å². The Kier molecular flexibility index (Phi) is 7.06. The summed E-state index contributed by atoms with van der Waals surface area (Å²) in [5.74, 6) is 1.21. The van der Waals surface area contributed by atoms with Crippen LogP contribution in [-0.4, -0.2) is 33.1 Å². The predicted octanol–water partition coefficient (Wildman–Crippen LogP) is 4.83. The van der Waals surface area contributed by atoms with Crippen molar-refractivity contribution in [2.45, 2.75) is 0 Å². The van der Waals surface area contributed by atoms with Crippen molar-refractivity contribution in [3.63, 3.8) is 0 Å². The van der Waals surface area contributed by atoms with Crippen molar-refractivity contribution in [3.8, 4) is 23.0 Å². The zero-order chi connectivity index (χ0) is 22.2. The standard InChI is InChI=1S/C25H22O6/c1-28-20-11-9-18(10-12-20)22(26)13-7-17-8-14-23(24(15-17)30-3)31-25(27)19-5-4-6-21(16-19)29-2/h4-16H,1-3H3/b13-7+. The van der Waals surface area contributed by atoms with Gasteiger partial charge in [0.2, 0.25) is 0 Å². The van der Waals surface area contributed by atoms with Crippen molar-refractivity contribution >= 4 is 17.8 Å². The lowest BCUT2D eigenvalue weighted by Crippen LogP contribution is -2.09. The molecule has 3 rings (SSSR count). The highest BCUT2D eigenvalue weighted by atomic mass is 16.6. The molecule has 3 aromatic rings. The molecule has 0 bridgehead atoms. The number of carbonyl (C=O) groups is 2. The van der Waals surface area contributed by atoms with Gasteiger partial charge in [0.05, 0.1) is 26.9 Å². The van der Waals surface area contributed by atoms with Gasteiger partial charge < -0.3 is 18.9 Å². The Hall–Kier alpha value is -4.06. The van der Waals surface area contributed by atoms with E-state index < -0.39 is 5.97 Å². The van der Waals surface area contributed by atoms with Crippen LogP contribution in [0.1, 0.15) is 26.3 Å². The van der Waals surface area contributed by atoms with E-state index in [-0.39, 0.29) is 11.5 Å². The Morgan fingerprint density at radius 3 is 2.13 bits per heavy atom. The molecule has 0 aromatic heterocycles. The Balaban J connectivity index is 1.73. The first-order valence-corrected chi connectivity index (χ1v) is 9.45. The third kappa shape index (κ3) is 5.51. The Labute approximate surface area is 180 Å². The first kappa shape index (κ1) is 21.6. The van der Waals surface area contributed by atoms with Crippen LogP contribution < -0.4 is 18.9 Å². The van der Waals surface area contributed by atoms with Gasteiger partial charge in [0.25, 0.3) is 0 Å². The number of allylic oxidation sites excluding steroid dienone is 1. The molecule has 6 heteroatoms. The van der Waals surface area contributed by atoms with E-state index in [1.807, 2.05) is 0 Å². The number of hydrogen-bond donors (Lipinski definition) is 0. The van der Waals surface area contributed by atoms with Crippen molar-refractivity contribution in [1.82, 2.24) is 0 Å². The largest absolute Gasteiger partial charge is 0.497 e. The molecule has 0 amide bonds. The molecule has 0 unspecified atom stereocenters. The van der Waals surface area contributed by atoms with Crippen LogP contribution in [0.15, 0.2) is 72.8 Å². The number of rotatable bonds is 8. The number of ether oxygens (including phenoxy) is 4. The molecule has 158 valence electrons. The van der Waals surface area contributed by atoms with Gasteiger partial charge >= 0.3 is 5.97 Å². The second kappa shape index (κ2) is 10.1. The van der Waals surface area contributed by atoms with E-state index in [4.69, 9.17) is 18.9 Å². The van der Waals surface area contributed by atoms with Gasteiger partial charge in [-0.3, -0.25) is 4.79 Å². The van der Waals surface area contributed by atoms with E-state index in [1.165, 1.54) is 20.3 Å². The Morgan fingerprint density at radius 2 is 1.45 bits per heavy atom. The Morgan fingerprint density at radius 1 is 0.710 bits per heavy atom. The summed E-state index contributed by atoms with van der Waals surface area (Å²) in [6.07, 6.45) is 3.14. The van der Waals surface area contributed by atoms with Crippen LogP contribution in [0.2, 0.25) is 0 Å². The monoisotopic (exact) mass is 418 g/mol. The maximum atomic E-state index is 12.5. The molecule has 0 N–H and O–H groups in total. The topological polar surface area (TPSA) is 71.1 Å². The second-order valence-corrected chi connectivity index (χ2v) is 6.46. The van der Waals surface area contributed by atoms with Crippen LogP contribution in [-0.2, 0) is 0 Å². The molecule has 0 heterocycles. The maximum absolute atomic E-state index is 12.5. The third-order valence-corrected chi connectivity index (χ3v) is 4.50. The highest BCUT2D eigenvalue weighted by molar-refractivity contribution is 6.06. The van der Waals surface area contributed by atoms with Crippen LogP contribution in [0.25, 0.3) is 6.08 Å². The van der Waals surface area contributed by atoms with Gasteiger partial charge in [-0.1, -0.05) is 18.2 Å². The SMILES string of the molecule is COc1ccc(C(=O)/C=C/c2ccc(OC(=O)c3cccc(OC)c3)c(OC)c2)cc1. The van der Waals surface area contributed by atoms with Gasteiger partial charge in [0.1, 0.15) is 11.5 Å². The van der Waals surface area contributed by atoms with Crippen molar-refractivity contribution in [2.24, 2.45) is 0 Å². The summed E-state index contributed by atoms with van der Waals surface area (Å²) in [6.45, 7) is 0. The molecule has 31 heavy (non-hydrogen) atoms. The van der Waals surface area contributed by atoms with Crippen LogP contribution >= 0.6 is 0 Å². The molecule has 6 nitrogen and oxygen atoms in total. The average molecular weight is 418 g/mol. The number of esters is 1. The fourth-order valence-electron chi connectivity index (χ4n) is 2.80. The minimum Gasteiger partial charge on any atom is -0.497 e. The van der Waals surface area contributed by atoms with E-state index >= 15 is 0 Å². The molecule has 0 saturated carbocycles. The predicted molar refractivity (Wildman–Crippen MR) is 117 cm³/mol. The average Bonchev–Trinajstić information content (AvgIpc) is 2.83.